The third kappa shape index (κ3) is 3.74. The molecule has 0 radical (unpaired) electrons. The highest BCUT2D eigenvalue weighted by Crippen LogP contribution is 2.25. The van der Waals surface area contributed by atoms with Gasteiger partial charge >= 0.3 is 0 Å². The number of ether oxygens (including phenoxy) is 1. The van der Waals surface area contributed by atoms with E-state index in [1.807, 2.05) is 32.0 Å². The normalized spacial score (nSPS) is 12.2. The van der Waals surface area contributed by atoms with Crippen LogP contribution >= 0.6 is 0 Å². The summed E-state index contributed by atoms with van der Waals surface area (Å²) in [6.45, 7) is 7.52. The quantitative estimate of drug-likeness (QED) is 0.775. The standard InChI is InChI=1S/C14H22N2O2/c1-4-12(14(15)17)18-13-10(3)7-6-8-11(13)9-16-5-2/h6-8,12,16H,4-5,9H2,1-3H3,(H2,15,17). The Labute approximate surface area is 109 Å². The minimum atomic E-state index is -0.563. The van der Waals surface area contributed by atoms with Gasteiger partial charge in [-0.05, 0) is 25.5 Å². The van der Waals surface area contributed by atoms with E-state index in [9.17, 15) is 4.79 Å². The number of aryl methyl sites for hydroxylation is 1. The lowest BCUT2D eigenvalue weighted by atomic mass is 10.1. The predicted octanol–water partition coefficient (Wildman–Crippen LogP) is 1.75. The lowest BCUT2D eigenvalue weighted by molar-refractivity contribution is -0.124. The van der Waals surface area contributed by atoms with Crippen LogP contribution in [0.1, 0.15) is 31.4 Å². The topological polar surface area (TPSA) is 64.3 Å². The van der Waals surface area contributed by atoms with Gasteiger partial charge in [-0.1, -0.05) is 32.0 Å². The second-order valence-electron chi connectivity index (χ2n) is 4.26. The number of amides is 1. The van der Waals surface area contributed by atoms with Gasteiger partial charge in [0, 0.05) is 12.1 Å². The number of primary amides is 1. The monoisotopic (exact) mass is 250 g/mol. The van der Waals surface area contributed by atoms with E-state index < -0.39 is 12.0 Å². The first-order valence-corrected chi connectivity index (χ1v) is 6.35. The maximum atomic E-state index is 11.3. The number of hydrogen-bond donors (Lipinski definition) is 2. The average molecular weight is 250 g/mol. The van der Waals surface area contributed by atoms with Crippen molar-refractivity contribution in [1.82, 2.24) is 5.32 Å². The second-order valence-corrected chi connectivity index (χ2v) is 4.26. The summed E-state index contributed by atoms with van der Waals surface area (Å²) < 4.78 is 5.77. The summed E-state index contributed by atoms with van der Waals surface area (Å²) in [6.07, 6.45) is 0.0103. The van der Waals surface area contributed by atoms with Crippen LogP contribution in [-0.4, -0.2) is 18.6 Å². The maximum Gasteiger partial charge on any atom is 0.258 e. The van der Waals surface area contributed by atoms with Gasteiger partial charge in [-0.25, -0.2) is 0 Å². The molecule has 0 spiro atoms. The molecule has 1 amide bonds. The van der Waals surface area contributed by atoms with Crippen molar-refractivity contribution in [3.05, 3.63) is 29.3 Å². The molecule has 1 unspecified atom stereocenters. The van der Waals surface area contributed by atoms with Gasteiger partial charge in [0.2, 0.25) is 0 Å². The fourth-order valence-electron chi connectivity index (χ4n) is 1.77. The van der Waals surface area contributed by atoms with Crippen LogP contribution in [0.2, 0.25) is 0 Å². The van der Waals surface area contributed by atoms with Gasteiger partial charge in [0.25, 0.3) is 5.91 Å². The predicted molar refractivity (Wildman–Crippen MR) is 72.5 cm³/mol. The van der Waals surface area contributed by atoms with Crippen molar-refractivity contribution in [1.29, 1.82) is 0 Å². The Kier molecular flexibility index (Phi) is 5.65. The molecule has 0 saturated heterocycles. The highest BCUT2D eigenvalue weighted by molar-refractivity contribution is 5.79. The van der Waals surface area contributed by atoms with E-state index in [1.165, 1.54) is 0 Å². The first-order valence-electron chi connectivity index (χ1n) is 6.35. The number of benzene rings is 1. The number of rotatable bonds is 7. The Morgan fingerprint density at radius 2 is 2.17 bits per heavy atom. The third-order valence-corrected chi connectivity index (χ3v) is 2.81. The summed E-state index contributed by atoms with van der Waals surface area (Å²) >= 11 is 0. The first kappa shape index (κ1) is 14.5. The Hall–Kier alpha value is -1.55. The Morgan fingerprint density at radius 3 is 2.72 bits per heavy atom. The van der Waals surface area contributed by atoms with E-state index in [0.29, 0.717) is 6.42 Å². The van der Waals surface area contributed by atoms with Gasteiger partial charge in [-0.15, -0.1) is 0 Å². The van der Waals surface area contributed by atoms with Gasteiger partial charge in [0.1, 0.15) is 5.75 Å². The van der Waals surface area contributed by atoms with Crippen LogP contribution in [0.4, 0.5) is 0 Å². The van der Waals surface area contributed by atoms with Crippen molar-refractivity contribution >= 4 is 5.91 Å². The molecule has 0 fully saturated rings. The summed E-state index contributed by atoms with van der Waals surface area (Å²) in [5.74, 6) is 0.347. The van der Waals surface area contributed by atoms with Crippen molar-refractivity contribution in [2.45, 2.75) is 39.8 Å². The van der Waals surface area contributed by atoms with Gasteiger partial charge < -0.3 is 15.8 Å². The molecule has 0 aliphatic heterocycles. The zero-order valence-corrected chi connectivity index (χ0v) is 11.3. The Bertz CT molecular complexity index is 405. The van der Waals surface area contributed by atoms with Crippen LogP contribution in [0, 0.1) is 6.92 Å². The average Bonchev–Trinajstić information content (AvgIpc) is 2.34. The lowest BCUT2D eigenvalue weighted by Gasteiger charge is -2.19. The van der Waals surface area contributed by atoms with Crippen molar-refractivity contribution in [2.24, 2.45) is 5.73 Å². The largest absolute Gasteiger partial charge is 0.480 e. The van der Waals surface area contributed by atoms with Crippen molar-refractivity contribution in [3.8, 4) is 5.75 Å². The van der Waals surface area contributed by atoms with Crippen LogP contribution in [-0.2, 0) is 11.3 Å². The van der Waals surface area contributed by atoms with E-state index in [4.69, 9.17) is 10.5 Å². The number of nitrogens with one attached hydrogen (secondary N) is 1. The molecule has 1 aromatic carbocycles. The fraction of sp³-hybridized carbons (Fsp3) is 0.500. The molecular formula is C14H22N2O2. The molecule has 18 heavy (non-hydrogen) atoms. The summed E-state index contributed by atoms with van der Waals surface area (Å²) in [6, 6.07) is 5.96. The van der Waals surface area contributed by atoms with E-state index in [2.05, 4.69) is 12.2 Å². The van der Waals surface area contributed by atoms with Crippen LogP contribution in [0.3, 0.4) is 0 Å². The summed E-state index contributed by atoms with van der Waals surface area (Å²) in [4.78, 5) is 11.3. The van der Waals surface area contributed by atoms with Crippen molar-refractivity contribution in [3.63, 3.8) is 0 Å². The number of hydrogen-bond acceptors (Lipinski definition) is 3. The molecule has 1 atom stereocenters. The van der Waals surface area contributed by atoms with E-state index in [0.717, 1.165) is 30.0 Å². The molecule has 0 aromatic heterocycles. The molecule has 100 valence electrons. The van der Waals surface area contributed by atoms with E-state index in [-0.39, 0.29) is 0 Å². The van der Waals surface area contributed by atoms with Gasteiger partial charge in [-0.3, -0.25) is 4.79 Å². The smallest absolute Gasteiger partial charge is 0.258 e. The maximum absolute atomic E-state index is 11.3. The molecule has 1 rings (SSSR count). The molecule has 0 aliphatic rings. The Balaban J connectivity index is 2.94. The van der Waals surface area contributed by atoms with Gasteiger partial charge in [0.15, 0.2) is 6.10 Å². The summed E-state index contributed by atoms with van der Waals surface area (Å²) in [5.41, 5.74) is 7.39. The zero-order chi connectivity index (χ0) is 13.5. The molecule has 0 heterocycles. The molecule has 0 saturated carbocycles. The molecule has 4 heteroatoms. The van der Waals surface area contributed by atoms with Gasteiger partial charge in [0.05, 0.1) is 0 Å². The number of carbonyl (C=O) groups is 1. The minimum absolute atomic E-state index is 0.421. The molecule has 4 nitrogen and oxygen atoms in total. The van der Waals surface area contributed by atoms with Crippen molar-refractivity contribution < 1.29 is 9.53 Å². The molecule has 1 aromatic rings. The van der Waals surface area contributed by atoms with E-state index in [1.54, 1.807) is 0 Å². The van der Waals surface area contributed by atoms with Crippen LogP contribution in [0.15, 0.2) is 18.2 Å². The minimum Gasteiger partial charge on any atom is -0.480 e. The lowest BCUT2D eigenvalue weighted by Crippen LogP contribution is -2.33. The number of para-hydroxylation sites is 1. The third-order valence-electron chi connectivity index (χ3n) is 2.81. The molecule has 0 bridgehead atoms. The fourth-order valence-corrected chi connectivity index (χ4v) is 1.77. The second kappa shape index (κ2) is 7.01. The van der Waals surface area contributed by atoms with Gasteiger partial charge in [-0.2, -0.15) is 0 Å². The number of nitrogens with two attached hydrogens (primary N) is 1. The Morgan fingerprint density at radius 1 is 1.44 bits per heavy atom. The number of carbonyl (C=O) groups excluding carboxylic acids is 1. The molecule has 3 N–H and O–H groups in total. The van der Waals surface area contributed by atoms with E-state index >= 15 is 0 Å². The van der Waals surface area contributed by atoms with Crippen LogP contribution in [0.25, 0.3) is 0 Å². The van der Waals surface area contributed by atoms with Crippen LogP contribution < -0.4 is 15.8 Å². The summed E-state index contributed by atoms with van der Waals surface area (Å²) in [5, 5.41) is 3.26. The molecule has 0 aliphatic carbocycles. The highest BCUT2D eigenvalue weighted by Gasteiger charge is 2.17. The highest BCUT2D eigenvalue weighted by atomic mass is 16.5. The first-order chi connectivity index (χ1) is 8.60. The van der Waals surface area contributed by atoms with Crippen LogP contribution in [0.5, 0.6) is 5.75 Å². The van der Waals surface area contributed by atoms with Crippen molar-refractivity contribution in [2.75, 3.05) is 6.54 Å². The molecular weight excluding hydrogens is 228 g/mol. The summed E-state index contributed by atoms with van der Waals surface area (Å²) in [7, 11) is 0. The SMILES string of the molecule is CCNCc1cccc(C)c1OC(CC)C(N)=O. The zero-order valence-electron chi connectivity index (χ0n) is 11.3.